The zero-order valence-electron chi connectivity index (χ0n) is 11.7. The second kappa shape index (κ2) is 4.77. The summed E-state index contributed by atoms with van der Waals surface area (Å²) in [4.78, 5) is 17.7. The summed E-state index contributed by atoms with van der Waals surface area (Å²) >= 11 is 3.49. The van der Waals surface area contributed by atoms with Gasteiger partial charge >= 0.3 is 5.97 Å². The first-order chi connectivity index (χ1) is 10.5. The summed E-state index contributed by atoms with van der Waals surface area (Å²) < 4.78 is 2.25. The van der Waals surface area contributed by atoms with E-state index in [2.05, 4.69) is 36.1 Å². The number of carboxylic acids is 1. The van der Waals surface area contributed by atoms with Crippen LogP contribution in [0, 0.1) is 5.41 Å². The van der Waals surface area contributed by atoms with Crippen LogP contribution < -0.4 is 4.90 Å². The Morgan fingerprint density at radius 3 is 2.73 bits per heavy atom. The molecule has 3 heterocycles. The van der Waals surface area contributed by atoms with Crippen LogP contribution in [0.1, 0.15) is 28.9 Å². The SMILES string of the molecule is O=C(O)c1cn(Cc2ccc(N3CC4(CC4)C3)nc2Br)nn1. The molecule has 0 aromatic carbocycles. The maximum atomic E-state index is 10.8. The first kappa shape index (κ1) is 13.7. The minimum Gasteiger partial charge on any atom is -0.476 e. The van der Waals surface area contributed by atoms with Crippen molar-refractivity contribution in [1.29, 1.82) is 0 Å². The highest BCUT2D eigenvalue weighted by molar-refractivity contribution is 9.10. The first-order valence-corrected chi connectivity index (χ1v) is 7.88. The van der Waals surface area contributed by atoms with Crippen molar-refractivity contribution in [2.75, 3.05) is 18.0 Å². The lowest BCUT2D eigenvalue weighted by Gasteiger charge is -2.41. The molecule has 2 aromatic rings. The van der Waals surface area contributed by atoms with Gasteiger partial charge in [-0.15, -0.1) is 5.10 Å². The van der Waals surface area contributed by atoms with Gasteiger partial charge in [0.05, 0.1) is 12.7 Å². The Kier molecular flexibility index (Phi) is 2.97. The predicted molar refractivity (Wildman–Crippen MR) is 81.9 cm³/mol. The normalized spacial score (nSPS) is 18.3. The Labute approximate surface area is 135 Å². The molecule has 4 rings (SSSR count). The number of nitrogens with zero attached hydrogens (tertiary/aromatic N) is 5. The van der Waals surface area contributed by atoms with Crippen LogP contribution in [0.5, 0.6) is 0 Å². The monoisotopic (exact) mass is 363 g/mol. The summed E-state index contributed by atoms with van der Waals surface area (Å²) in [5, 5.41) is 16.3. The van der Waals surface area contributed by atoms with Crippen molar-refractivity contribution in [3.63, 3.8) is 0 Å². The van der Waals surface area contributed by atoms with Gasteiger partial charge in [-0.3, -0.25) is 0 Å². The molecule has 0 radical (unpaired) electrons. The Morgan fingerprint density at radius 1 is 1.36 bits per heavy atom. The predicted octanol–water partition coefficient (Wildman–Crippen LogP) is 1.78. The number of carbonyl (C=O) groups is 1. The lowest BCUT2D eigenvalue weighted by atomic mass is 9.97. The second-order valence-electron chi connectivity index (χ2n) is 6.08. The summed E-state index contributed by atoms with van der Waals surface area (Å²) in [6.45, 7) is 2.64. The highest BCUT2D eigenvalue weighted by Gasteiger charge is 2.52. The number of hydrogen-bond acceptors (Lipinski definition) is 5. The molecular weight excluding hydrogens is 350 g/mol. The maximum Gasteiger partial charge on any atom is 0.358 e. The number of rotatable bonds is 4. The minimum absolute atomic E-state index is 0.0592. The lowest BCUT2D eigenvalue weighted by Crippen LogP contribution is -2.48. The fourth-order valence-corrected chi connectivity index (χ4v) is 3.25. The highest BCUT2D eigenvalue weighted by atomic mass is 79.9. The van der Waals surface area contributed by atoms with Crippen LogP contribution in [0.2, 0.25) is 0 Å². The van der Waals surface area contributed by atoms with Crippen LogP contribution in [-0.2, 0) is 6.54 Å². The average Bonchev–Trinajstić information content (AvgIpc) is 3.11. The molecule has 2 aromatic heterocycles. The van der Waals surface area contributed by atoms with Crippen molar-refractivity contribution < 1.29 is 9.90 Å². The van der Waals surface area contributed by atoms with E-state index in [-0.39, 0.29) is 5.69 Å². The molecule has 7 nitrogen and oxygen atoms in total. The summed E-state index contributed by atoms with van der Waals surface area (Å²) in [6.07, 6.45) is 4.11. The zero-order chi connectivity index (χ0) is 15.3. The number of anilines is 1. The maximum absolute atomic E-state index is 10.8. The van der Waals surface area contributed by atoms with Crippen LogP contribution in [-0.4, -0.2) is 44.1 Å². The zero-order valence-corrected chi connectivity index (χ0v) is 13.3. The fourth-order valence-electron chi connectivity index (χ4n) is 2.81. The van der Waals surface area contributed by atoms with Gasteiger partial charge in [0.15, 0.2) is 5.69 Å². The Hall–Kier alpha value is -1.96. The molecule has 2 fully saturated rings. The van der Waals surface area contributed by atoms with E-state index in [1.807, 2.05) is 12.1 Å². The van der Waals surface area contributed by atoms with Crippen molar-refractivity contribution in [3.8, 4) is 0 Å². The van der Waals surface area contributed by atoms with Gasteiger partial charge < -0.3 is 10.0 Å². The van der Waals surface area contributed by atoms with E-state index < -0.39 is 5.97 Å². The number of carboxylic acid groups (broad SMARTS) is 1. The molecule has 114 valence electrons. The van der Waals surface area contributed by atoms with E-state index in [9.17, 15) is 4.79 Å². The number of aromatic nitrogens is 4. The number of halogens is 1. The number of aromatic carboxylic acids is 1. The minimum atomic E-state index is -1.08. The first-order valence-electron chi connectivity index (χ1n) is 7.09. The molecular formula is C14H14BrN5O2. The van der Waals surface area contributed by atoms with E-state index >= 15 is 0 Å². The second-order valence-corrected chi connectivity index (χ2v) is 6.83. The molecule has 0 amide bonds. The van der Waals surface area contributed by atoms with Crippen molar-refractivity contribution in [3.05, 3.63) is 34.2 Å². The van der Waals surface area contributed by atoms with Crippen molar-refractivity contribution in [2.45, 2.75) is 19.4 Å². The van der Waals surface area contributed by atoms with Crippen molar-refractivity contribution in [1.82, 2.24) is 20.0 Å². The fraction of sp³-hybridized carbons (Fsp3) is 0.429. The van der Waals surface area contributed by atoms with Gasteiger partial charge in [0, 0.05) is 24.1 Å². The van der Waals surface area contributed by atoms with Crippen LogP contribution in [0.4, 0.5) is 5.82 Å². The molecule has 22 heavy (non-hydrogen) atoms. The molecule has 0 unspecified atom stereocenters. The third-order valence-electron chi connectivity index (χ3n) is 4.34. The molecule has 8 heteroatoms. The van der Waals surface area contributed by atoms with Crippen LogP contribution in [0.3, 0.4) is 0 Å². The molecule has 2 aliphatic rings. The molecule has 1 saturated carbocycles. The van der Waals surface area contributed by atoms with E-state index in [1.165, 1.54) is 23.7 Å². The van der Waals surface area contributed by atoms with Gasteiger partial charge in [-0.05, 0) is 34.8 Å². The topological polar surface area (TPSA) is 84.1 Å². The number of pyridine rings is 1. The molecule has 1 aliphatic carbocycles. The standard InChI is InChI=1S/C14H14BrN5O2/c15-12-9(5-20-6-10(13(21)22)17-18-20)1-2-11(16-12)19-7-14(8-19)3-4-14/h1-2,6H,3-5,7-8H2,(H,21,22). The summed E-state index contributed by atoms with van der Waals surface area (Å²) in [6, 6.07) is 4.00. The van der Waals surface area contributed by atoms with Crippen molar-refractivity contribution >= 4 is 27.7 Å². The van der Waals surface area contributed by atoms with E-state index in [0.717, 1.165) is 29.1 Å². The summed E-state index contributed by atoms with van der Waals surface area (Å²) in [7, 11) is 0. The molecule has 1 N–H and O–H groups in total. The third-order valence-corrected chi connectivity index (χ3v) is 5.02. The van der Waals surface area contributed by atoms with Gasteiger partial charge in [-0.1, -0.05) is 11.3 Å². The van der Waals surface area contributed by atoms with Gasteiger partial charge in [-0.2, -0.15) is 0 Å². The summed E-state index contributed by atoms with van der Waals surface area (Å²) in [5.41, 5.74) is 1.48. The largest absolute Gasteiger partial charge is 0.476 e. The molecule has 0 atom stereocenters. The van der Waals surface area contributed by atoms with Gasteiger partial charge in [0.25, 0.3) is 0 Å². The Morgan fingerprint density at radius 2 is 2.14 bits per heavy atom. The third kappa shape index (κ3) is 2.37. The number of hydrogen-bond donors (Lipinski definition) is 1. The molecule has 1 aliphatic heterocycles. The van der Waals surface area contributed by atoms with Crippen molar-refractivity contribution in [2.24, 2.45) is 5.41 Å². The van der Waals surface area contributed by atoms with Gasteiger partial charge in [0.1, 0.15) is 10.4 Å². The smallest absolute Gasteiger partial charge is 0.358 e. The van der Waals surface area contributed by atoms with Gasteiger partial charge in [0.2, 0.25) is 0 Å². The molecule has 0 bridgehead atoms. The van der Waals surface area contributed by atoms with Crippen LogP contribution >= 0.6 is 15.9 Å². The van der Waals surface area contributed by atoms with Crippen LogP contribution in [0.25, 0.3) is 0 Å². The van der Waals surface area contributed by atoms with E-state index in [1.54, 1.807) is 0 Å². The quantitative estimate of drug-likeness (QED) is 0.833. The van der Waals surface area contributed by atoms with E-state index in [4.69, 9.17) is 5.11 Å². The van der Waals surface area contributed by atoms with Crippen LogP contribution in [0.15, 0.2) is 22.9 Å². The van der Waals surface area contributed by atoms with Gasteiger partial charge in [-0.25, -0.2) is 14.5 Å². The van der Waals surface area contributed by atoms with E-state index in [0.29, 0.717) is 12.0 Å². The Bertz CT molecular complexity index is 747. The lowest BCUT2D eigenvalue weighted by molar-refractivity contribution is 0.0690. The average molecular weight is 364 g/mol. The molecule has 1 saturated heterocycles. The molecule has 1 spiro atoms. The Balaban J connectivity index is 1.48. The highest BCUT2D eigenvalue weighted by Crippen LogP contribution is 2.53. The summed E-state index contributed by atoms with van der Waals surface area (Å²) in [5.74, 6) is -0.0939.